The van der Waals surface area contributed by atoms with E-state index >= 15 is 0 Å². The van der Waals surface area contributed by atoms with E-state index in [0.717, 1.165) is 12.8 Å². The molecule has 1 atom stereocenters. The molecule has 130 valence electrons. The molecule has 0 rings (SSSR count). The second-order valence-electron chi connectivity index (χ2n) is 6.06. The molecule has 0 saturated heterocycles. The number of hydrogen-bond donors (Lipinski definition) is 0. The second-order valence-corrected chi connectivity index (χ2v) is 6.06. The number of nitrogens with zero attached hydrogens (tertiary/aromatic N) is 1. The molecule has 0 bridgehead atoms. The molecule has 0 N–H and O–H groups in total. The van der Waals surface area contributed by atoms with Gasteiger partial charge in [-0.25, -0.2) is 9.59 Å². The Bertz CT molecular complexity index is 318. The maximum atomic E-state index is 12.1. The third-order valence-corrected chi connectivity index (χ3v) is 3.75. The number of carbonyl (C=O) groups excluding carboxylic acids is 2. The summed E-state index contributed by atoms with van der Waals surface area (Å²) in [6, 6.07) is -0.600. The van der Waals surface area contributed by atoms with Gasteiger partial charge in [0.25, 0.3) is 0 Å². The van der Waals surface area contributed by atoms with E-state index in [4.69, 9.17) is 4.74 Å². The lowest BCUT2D eigenvalue weighted by Crippen LogP contribution is -2.46. The van der Waals surface area contributed by atoms with Gasteiger partial charge in [0, 0.05) is 7.05 Å². The number of esters is 1. The van der Waals surface area contributed by atoms with E-state index in [-0.39, 0.29) is 11.9 Å². The van der Waals surface area contributed by atoms with Crippen molar-refractivity contribution in [2.75, 3.05) is 20.8 Å². The number of ether oxygens (including phenoxy) is 2. The van der Waals surface area contributed by atoms with Crippen LogP contribution in [0, 0.1) is 5.92 Å². The van der Waals surface area contributed by atoms with Gasteiger partial charge in [-0.1, -0.05) is 59.3 Å². The quantitative estimate of drug-likeness (QED) is 0.427. The number of methoxy groups -OCH3 is 1. The molecule has 22 heavy (non-hydrogen) atoms. The molecule has 0 aliphatic heterocycles. The van der Waals surface area contributed by atoms with Gasteiger partial charge in [0.2, 0.25) is 0 Å². The largest absolute Gasteiger partial charge is 0.464 e. The first-order chi connectivity index (χ1) is 10.5. The molecule has 0 saturated carbocycles. The van der Waals surface area contributed by atoms with Crippen molar-refractivity contribution >= 4 is 12.1 Å². The Hall–Kier alpha value is -1.26. The van der Waals surface area contributed by atoms with Crippen LogP contribution >= 0.6 is 0 Å². The molecule has 0 aromatic rings. The van der Waals surface area contributed by atoms with E-state index in [9.17, 15) is 9.59 Å². The Labute approximate surface area is 135 Å². The zero-order valence-electron chi connectivity index (χ0n) is 14.9. The lowest BCUT2D eigenvalue weighted by molar-refractivity contribution is -0.150. The minimum atomic E-state index is -0.600. The summed E-state index contributed by atoms with van der Waals surface area (Å²) in [4.78, 5) is 25.0. The summed E-state index contributed by atoms with van der Waals surface area (Å²) in [6.45, 7) is 6.40. The second kappa shape index (κ2) is 12.3. The highest BCUT2D eigenvalue weighted by molar-refractivity contribution is 5.81. The van der Waals surface area contributed by atoms with Crippen molar-refractivity contribution in [3.63, 3.8) is 0 Å². The first-order valence-corrected chi connectivity index (χ1v) is 8.43. The molecule has 0 radical (unpaired) electrons. The van der Waals surface area contributed by atoms with Gasteiger partial charge in [-0.2, -0.15) is 0 Å². The number of carbonyl (C=O) groups is 2. The molecule has 0 aromatic heterocycles. The molecule has 1 amide bonds. The Morgan fingerprint density at radius 3 is 2.05 bits per heavy atom. The number of unbranched alkanes of at least 4 members (excludes halogenated alkanes) is 6. The van der Waals surface area contributed by atoms with Crippen LogP contribution in [0.25, 0.3) is 0 Å². The zero-order chi connectivity index (χ0) is 17.0. The van der Waals surface area contributed by atoms with Gasteiger partial charge in [0.15, 0.2) is 0 Å². The van der Waals surface area contributed by atoms with Gasteiger partial charge in [0.05, 0.1) is 13.7 Å². The van der Waals surface area contributed by atoms with E-state index < -0.39 is 12.1 Å². The van der Waals surface area contributed by atoms with Gasteiger partial charge in [-0.15, -0.1) is 0 Å². The monoisotopic (exact) mass is 315 g/mol. The van der Waals surface area contributed by atoms with Crippen molar-refractivity contribution in [1.82, 2.24) is 4.90 Å². The fourth-order valence-electron chi connectivity index (χ4n) is 2.45. The average molecular weight is 315 g/mol. The summed E-state index contributed by atoms with van der Waals surface area (Å²) in [5.74, 6) is -0.375. The topological polar surface area (TPSA) is 55.8 Å². The molecule has 5 heteroatoms. The molecule has 0 spiro atoms. The van der Waals surface area contributed by atoms with Crippen molar-refractivity contribution in [2.45, 2.75) is 71.8 Å². The summed E-state index contributed by atoms with van der Waals surface area (Å²) in [7, 11) is 2.87. The average Bonchev–Trinajstić information content (AvgIpc) is 2.48. The molecule has 0 aliphatic carbocycles. The van der Waals surface area contributed by atoms with Crippen LogP contribution < -0.4 is 0 Å². The van der Waals surface area contributed by atoms with Crippen LogP contribution in [0.15, 0.2) is 0 Å². The summed E-state index contributed by atoms with van der Waals surface area (Å²) < 4.78 is 9.98. The van der Waals surface area contributed by atoms with E-state index in [1.54, 1.807) is 7.05 Å². The third kappa shape index (κ3) is 8.25. The summed E-state index contributed by atoms with van der Waals surface area (Å²) in [5.41, 5.74) is 0. The number of likely N-dealkylation sites (N-methyl/N-ethyl adjacent to an activating group) is 1. The van der Waals surface area contributed by atoms with E-state index in [1.807, 2.05) is 13.8 Å². The SMILES string of the molecule is CCCCCCCCCOC(=O)C(C(C)C)N(C)C(=O)OC. The van der Waals surface area contributed by atoms with Crippen LogP contribution in [0.5, 0.6) is 0 Å². The van der Waals surface area contributed by atoms with Crippen molar-refractivity contribution in [3.05, 3.63) is 0 Å². The van der Waals surface area contributed by atoms with Gasteiger partial charge in [-0.3, -0.25) is 4.90 Å². The number of rotatable bonds is 11. The van der Waals surface area contributed by atoms with Crippen molar-refractivity contribution in [2.24, 2.45) is 5.92 Å². The molecular weight excluding hydrogens is 282 g/mol. The molecule has 0 fully saturated rings. The third-order valence-electron chi connectivity index (χ3n) is 3.75. The lowest BCUT2D eigenvalue weighted by atomic mass is 10.0. The van der Waals surface area contributed by atoms with Crippen molar-refractivity contribution in [3.8, 4) is 0 Å². The van der Waals surface area contributed by atoms with Crippen LogP contribution in [0.1, 0.15) is 65.7 Å². The number of amides is 1. The van der Waals surface area contributed by atoms with Crippen molar-refractivity contribution < 1.29 is 19.1 Å². The van der Waals surface area contributed by atoms with Gasteiger partial charge in [-0.05, 0) is 12.3 Å². The predicted molar refractivity (Wildman–Crippen MR) is 87.7 cm³/mol. The summed E-state index contributed by atoms with van der Waals surface area (Å²) in [6.07, 6.45) is 7.71. The highest BCUT2D eigenvalue weighted by Gasteiger charge is 2.31. The molecule has 0 aromatic carbocycles. The van der Waals surface area contributed by atoms with Crippen LogP contribution in [0.4, 0.5) is 4.79 Å². The smallest absolute Gasteiger partial charge is 0.409 e. The Morgan fingerprint density at radius 2 is 1.55 bits per heavy atom. The standard InChI is InChI=1S/C17H33NO4/c1-6-7-8-9-10-11-12-13-22-16(19)15(14(2)3)18(4)17(20)21-5/h14-15H,6-13H2,1-5H3. The number of hydrogen-bond acceptors (Lipinski definition) is 4. The molecule has 0 aliphatic rings. The Kier molecular flexibility index (Phi) is 11.6. The highest BCUT2D eigenvalue weighted by atomic mass is 16.6. The maximum absolute atomic E-state index is 12.1. The predicted octanol–water partition coefficient (Wildman–Crippen LogP) is 4.00. The lowest BCUT2D eigenvalue weighted by Gasteiger charge is -2.28. The van der Waals surface area contributed by atoms with Crippen LogP contribution in [0.3, 0.4) is 0 Å². The van der Waals surface area contributed by atoms with Crippen molar-refractivity contribution in [1.29, 1.82) is 0 Å². The minimum absolute atomic E-state index is 0.0226. The van der Waals surface area contributed by atoms with E-state index in [2.05, 4.69) is 11.7 Å². The molecule has 5 nitrogen and oxygen atoms in total. The van der Waals surface area contributed by atoms with Crippen LogP contribution in [0.2, 0.25) is 0 Å². The first-order valence-electron chi connectivity index (χ1n) is 8.43. The fourth-order valence-corrected chi connectivity index (χ4v) is 2.45. The van der Waals surface area contributed by atoms with E-state index in [1.165, 1.54) is 44.1 Å². The minimum Gasteiger partial charge on any atom is -0.464 e. The normalized spacial score (nSPS) is 12.1. The van der Waals surface area contributed by atoms with Gasteiger partial charge >= 0.3 is 12.1 Å². The fraction of sp³-hybridized carbons (Fsp3) is 0.882. The van der Waals surface area contributed by atoms with E-state index in [0.29, 0.717) is 6.61 Å². The van der Waals surface area contributed by atoms with Crippen LogP contribution in [-0.2, 0) is 14.3 Å². The summed E-state index contributed by atoms with van der Waals surface area (Å²) in [5, 5.41) is 0. The molecule has 1 unspecified atom stereocenters. The molecule has 0 heterocycles. The maximum Gasteiger partial charge on any atom is 0.409 e. The van der Waals surface area contributed by atoms with Gasteiger partial charge in [0.1, 0.15) is 6.04 Å². The van der Waals surface area contributed by atoms with Gasteiger partial charge < -0.3 is 9.47 Å². The first kappa shape index (κ1) is 20.7. The zero-order valence-corrected chi connectivity index (χ0v) is 14.9. The molecular formula is C17H33NO4. The summed E-state index contributed by atoms with van der Waals surface area (Å²) >= 11 is 0. The van der Waals surface area contributed by atoms with Crippen LogP contribution in [-0.4, -0.2) is 43.8 Å². The Balaban J connectivity index is 4.02. The Morgan fingerprint density at radius 1 is 1.00 bits per heavy atom. The highest BCUT2D eigenvalue weighted by Crippen LogP contribution is 2.13.